The Balaban J connectivity index is 1.68. The highest BCUT2D eigenvalue weighted by molar-refractivity contribution is 6.74. The van der Waals surface area contributed by atoms with Gasteiger partial charge in [0, 0.05) is 12.5 Å². The predicted molar refractivity (Wildman–Crippen MR) is 154 cm³/mol. The lowest BCUT2D eigenvalue weighted by Crippen LogP contribution is -2.44. The van der Waals surface area contributed by atoms with Crippen molar-refractivity contribution in [2.45, 2.75) is 129 Å². The van der Waals surface area contributed by atoms with Crippen LogP contribution in [0.25, 0.3) is 0 Å². The number of hydrogen-bond donors (Lipinski definition) is 0. The van der Waals surface area contributed by atoms with Crippen LogP contribution in [0.1, 0.15) is 105 Å². The van der Waals surface area contributed by atoms with Gasteiger partial charge in [0.15, 0.2) is 8.32 Å². The second-order valence-corrected chi connectivity index (χ2v) is 18.6. The lowest BCUT2D eigenvalue weighted by atomic mass is 9.60. The number of esters is 1. The van der Waals surface area contributed by atoms with Gasteiger partial charge in [-0.2, -0.15) is 0 Å². The number of allylic oxidation sites excluding steroid dienone is 4. The highest BCUT2D eigenvalue weighted by Crippen LogP contribution is 2.60. The molecule has 0 radical (unpaired) electrons. The SMILES string of the molecule is C=C1CCC(O[Si](C)(C)C(C)(C)C)C/C1=C/C=C1\CCC[C@]2(C)[C@@H]([C@H](C)CCCC(=O)OC)CC[C@@H]12. The molecule has 0 heterocycles. The maximum Gasteiger partial charge on any atom is 0.305 e. The van der Waals surface area contributed by atoms with Crippen molar-refractivity contribution in [3.8, 4) is 0 Å². The van der Waals surface area contributed by atoms with Gasteiger partial charge < -0.3 is 9.16 Å². The third-order valence-corrected chi connectivity index (χ3v) is 15.0. The van der Waals surface area contributed by atoms with E-state index in [4.69, 9.17) is 9.16 Å². The Labute approximate surface area is 223 Å². The average Bonchev–Trinajstić information content (AvgIpc) is 3.15. The number of rotatable bonds is 8. The Bertz CT molecular complexity index is 861. The molecule has 0 aliphatic heterocycles. The zero-order chi connectivity index (χ0) is 26.7. The van der Waals surface area contributed by atoms with Crippen LogP contribution in [0.15, 0.2) is 35.5 Å². The van der Waals surface area contributed by atoms with Crippen molar-refractivity contribution in [1.29, 1.82) is 0 Å². The van der Waals surface area contributed by atoms with Crippen LogP contribution in [0.4, 0.5) is 0 Å². The summed E-state index contributed by atoms with van der Waals surface area (Å²) in [6.07, 6.45) is 17.5. The van der Waals surface area contributed by atoms with Gasteiger partial charge in [0.1, 0.15) is 0 Å². The molecule has 1 unspecified atom stereocenters. The number of carbonyl (C=O) groups is 1. The van der Waals surface area contributed by atoms with Crippen molar-refractivity contribution in [3.05, 3.63) is 35.5 Å². The van der Waals surface area contributed by atoms with E-state index in [1.54, 1.807) is 5.57 Å². The quantitative estimate of drug-likeness (QED) is 0.239. The van der Waals surface area contributed by atoms with Gasteiger partial charge in [-0.25, -0.2) is 0 Å². The first-order valence-electron chi connectivity index (χ1n) is 14.6. The Morgan fingerprint density at radius 2 is 1.92 bits per heavy atom. The number of carbonyl (C=O) groups excluding carboxylic acids is 1. The normalized spacial score (nSPS) is 32.6. The molecule has 0 aromatic carbocycles. The monoisotopic (exact) mass is 514 g/mol. The van der Waals surface area contributed by atoms with Gasteiger partial charge in [-0.1, -0.05) is 64.5 Å². The van der Waals surface area contributed by atoms with Gasteiger partial charge in [-0.05, 0) is 111 Å². The van der Waals surface area contributed by atoms with Crippen molar-refractivity contribution in [2.75, 3.05) is 7.11 Å². The minimum Gasteiger partial charge on any atom is -0.469 e. The van der Waals surface area contributed by atoms with Gasteiger partial charge in [0.05, 0.1) is 7.11 Å². The molecule has 0 spiro atoms. The average molecular weight is 515 g/mol. The standard InChI is InChI=1S/C32H54O3Si/c1-23-15-18-27(35-36(8,9)31(3,4)5)22-26(23)17-16-25-13-11-21-32(6)28(19-20-29(25)32)24(2)12-10-14-30(33)34-7/h16-17,24,27-29H,1,10-15,18-22H2,2-9H3/b25-16+,26-17-/t24-,27?,28-,29+,32-/m1/s1. The highest BCUT2D eigenvalue weighted by atomic mass is 28.4. The van der Waals surface area contributed by atoms with Crippen LogP contribution in [0, 0.1) is 23.2 Å². The zero-order valence-corrected chi connectivity index (χ0v) is 25.7. The molecule has 204 valence electrons. The Kier molecular flexibility index (Phi) is 9.58. The van der Waals surface area contributed by atoms with E-state index in [0.29, 0.717) is 29.8 Å². The van der Waals surface area contributed by atoms with E-state index in [-0.39, 0.29) is 11.0 Å². The Morgan fingerprint density at radius 1 is 1.19 bits per heavy atom. The predicted octanol–water partition coefficient (Wildman–Crippen LogP) is 9.17. The summed E-state index contributed by atoms with van der Waals surface area (Å²) in [6.45, 7) is 21.1. The molecule has 0 aromatic heterocycles. The first-order chi connectivity index (χ1) is 16.8. The lowest BCUT2D eigenvalue weighted by Gasteiger charge is -2.44. The molecule has 0 amide bonds. The zero-order valence-electron chi connectivity index (χ0n) is 24.7. The van der Waals surface area contributed by atoms with E-state index >= 15 is 0 Å². The van der Waals surface area contributed by atoms with Crippen molar-refractivity contribution >= 4 is 14.3 Å². The third-order valence-electron chi connectivity index (χ3n) is 10.4. The van der Waals surface area contributed by atoms with E-state index in [9.17, 15) is 4.79 Å². The molecule has 3 aliphatic rings. The van der Waals surface area contributed by atoms with Crippen LogP contribution in [0.5, 0.6) is 0 Å². The minimum absolute atomic E-state index is 0.0742. The molecule has 3 saturated carbocycles. The van der Waals surface area contributed by atoms with Gasteiger partial charge in [0.25, 0.3) is 0 Å². The summed E-state index contributed by atoms with van der Waals surface area (Å²) in [4.78, 5) is 11.6. The summed E-state index contributed by atoms with van der Waals surface area (Å²) in [5.41, 5.74) is 4.78. The minimum atomic E-state index is -1.76. The summed E-state index contributed by atoms with van der Waals surface area (Å²) in [5, 5.41) is 0.245. The molecule has 0 saturated heterocycles. The number of methoxy groups -OCH3 is 1. The maximum absolute atomic E-state index is 11.6. The summed E-state index contributed by atoms with van der Waals surface area (Å²) < 4.78 is 11.6. The number of hydrogen-bond acceptors (Lipinski definition) is 3. The van der Waals surface area contributed by atoms with Crippen molar-refractivity contribution in [1.82, 2.24) is 0 Å². The molecule has 0 bridgehead atoms. The van der Waals surface area contributed by atoms with Crippen LogP contribution in [-0.4, -0.2) is 27.5 Å². The van der Waals surface area contributed by atoms with Gasteiger partial charge >= 0.3 is 5.97 Å². The second-order valence-electron chi connectivity index (χ2n) is 13.8. The van der Waals surface area contributed by atoms with Gasteiger partial charge in [-0.15, -0.1) is 0 Å². The molecule has 0 aromatic rings. The van der Waals surface area contributed by atoms with Gasteiger partial charge in [0.2, 0.25) is 0 Å². The van der Waals surface area contributed by atoms with E-state index in [1.807, 2.05) is 0 Å². The summed E-state index contributed by atoms with van der Waals surface area (Å²) in [7, 11) is -0.272. The van der Waals surface area contributed by atoms with Gasteiger partial charge in [-0.3, -0.25) is 4.79 Å². The van der Waals surface area contributed by atoms with Crippen molar-refractivity contribution in [2.24, 2.45) is 23.2 Å². The van der Waals surface area contributed by atoms with Crippen LogP contribution < -0.4 is 0 Å². The van der Waals surface area contributed by atoms with Crippen molar-refractivity contribution in [3.63, 3.8) is 0 Å². The fourth-order valence-corrected chi connectivity index (χ4v) is 8.55. The van der Waals surface area contributed by atoms with Crippen molar-refractivity contribution < 1.29 is 14.0 Å². The molecule has 36 heavy (non-hydrogen) atoms. The van der Waals surface area contributed by atoms with E-state index < -0.39 is 8.32 Å². The lowest BCUT2D eigenvalue weighted by molar-refractivity contribution is -0.140. The topological polar surface area (TPSA) is 35.5 Å². The van der Waals surface area contributed by atoms with Crippen LogP contribution >= 0.6 is 0 Å². The molecular formula is C32H54O3Si. The summed E-state index contributed by atoms with van der Waals surface area (Å²) >= 11 is 0. The molecule has 3 fully saturated rings. The van der Waals surface area contributed by atoms with Crippen LogP contribution in [-0.2, 0) is 14.0 Å². The van der Waals surface area contributed by atoms with Crippen LogP contribution in [0.2, 0.25) is 18.1 Å². The molecule has 0 N–H and O–H groups in total. The molecule has 3 aliphatic carbocycles. The molecule has 3 rings (SSSR count). The number of fused-ring (bicyclic) bond motifs is 1. The van der Waals surface area contributed by atoms with E-state index in [2.05, 4.69) is 66.4 Å². The largest absolute Gasteiger partial charge is 0.469 e. The second kappa shape index (κ2) is 11.7. The van der Waals surface area contributed by atoms with E-state index in [0.717, 1.165) is 38.0 Å². The highest BCUT2D eigenvalue weighted by Gasteiger charge is 2.50. The number of ether oxygens (including phenoxy) is 1. The third kappa shape index (κ3) is 6.65. The Hall–Kier alpha value is -1.13. The Morgan fingerprint density at radius 3 is 2.58 bits per heavy atom. The fourth-order valence-electron chi connectivity index (χ4n) is 7.16. The first kappa shape index (κ1) is 29.4. The fraction of sp³-hybridized carbons (Fsp3) is 0.781. The molecular weight excluding hydrogens is 460 g/mol. The van der Waals surface area contributed by atoms with E-state index in [1.165, 1.54) is 50.4 Å². The smallest absolute Gasteiger partial charge is 0.305 e. The maximum atomic E-state index is 11.6. The summed E-state index contributed by atoms with van der Waals surface area (Å²) in [6, 6.07) is 0. The summed E-state index contributed by atoms with van der Waals surface area (Å²) in [5.74, 6) is 2.04. The molecule has 5 atom stereocenters. The first-order valence-corrected chi connectivity index (χ1v) is 17.5. The molecule has 3 nitrogen and oxygen atoms in total. The van der Waals surface area contributed by atoms with Crippen LogP contribution in [0.3, 0.4) is 0 Å². The molecule has 4 heteroatoms.